The number of fused-ring (bicyclic) bond motifs is 2. The second kappa shape index (κ2) is 8.07. The first-order valence-corrected chi connectivity index (χ1v) is 10.4. The number of hydrogen-bond donors (Lipinski definition) is 2. The van der Waals surface area contributed by atoms with E-state index in [0.29, 0.717) is 35.1 Å². The minimum Gasteiger partial charge on any atom is -0.350 e. The molecule has 5 rings (SSSR count). The topological polar surface area (TPSA) is 121 Å². The van der Waals surface area contributed by atoms with Crippen molar-refractivity contribution >= 4 is 28.6 Å². The van der Waals surface area contributed by atoms with Crippen molar-refractivity contribution in [3.05, 3.63) is 71.3 Å². The van der Waals surface area contributed by atoms with Crippen molar-refractivity contribution < 1.29 is 4.79 Å². The molecule has 32 heavy (non-hydrogen) atoms. The van der Waals surface area contributed by atoms with E-state index in [1.807, 2.05) is 23.0 Å². The SMILES string of the molecule is CCCn1cc2c(C3C(=O)Nc4ccc(C#N)cc43)nc(NCc3cccnc3)nc2n1. The van der Waals surface area contributed by atoms with Crippen LogP contribution in [0, 0.1) is 11.3 Å². The second-order valence-corrected chi connectivity index (χ2v) is 7.61. The van der Waals surface area contributed by atoms with Crippen LogP contribution in [0.2, 0.25) is 0 Å². The standard InChI is InChI=1S/C23H20N8O/c1-2-8-31-13-17-20(19-16-9-14(10-24)5-6-18(16)27-22(19)32)28-23(29-21(17)30-31)26-12-15-4-3-7-25-11-15/h3-7,9,11,13,19H,2,8,12H2,1H3,(H,27,32)(H,26,29,30). The molecular formula is C23H20N8O. The van der Waals surface area contributed by atoms with Gasteiger partial charge in [-0.3, -0.25) is 14.5 Å². The molecule has 2 N–H and O–H groups in total. The molecule has 158 valence electrons. The highest BCUT2D eigenvalue weighted by Gasteiger charge is 2.35. The third-order valence-corrected chi connectivity index (χ3v) is 5.37. The largest absolute Gasteiger partial charge is 0.350 e. The van der Waals surface area contributed by atoms with Crippen LogP contribution in [0.15, 0.2) is 48.9 Å². The lowest BCUT2D eigenvalue weighted by atomic mass is 9.94. The van der Waals surface area contributed by atoms with Gasteiger partial charge < -0.3 is 10.6 Å². The molecule has 1 atom stereocenters. The number of aromatic nitrogens is 5. The molecule has 4 aromatic rings. The number of nitriles is 1. The van der Waals surface area contributed by atoms with E-state index < -0.39 is 5.92 Å². The Labute approximate surface area is 184 Å². The monoisotopic (exact) mass is 424 g/mol. The number of benzene rings is 1. The Morgan fingerprint density at radius 2 is 2.19 bits per heavy atom. The number of nitrogens with one attached hydrogen (secondary N) is 2. The van der Waals surface area contributed by atoms with E-state index in [1.54, 1.807) is 30.6 Å². The average Bonchev–Trinajstić information content (AvgIpc) is 3.37. The zero-order chi connectivity index (χ0) is 22.1. The van der Waals surface area contributed by atoms with Gasteiger partial charge in [-0.15, -0.1) is 0 Å². The van der Waals surface area contributed by atoms with Gasteiger partial charge in [0.05, 0.1) is 22.7 Å². The third-order valence-electron chi connectivity index (χ3n) is 5.37. The molecule has 0 aliphatic carbocycles. The molecule has 1 amide bonds. The van der Waals surface area contributed by atoms with Crippen molar-refractivity contribution in [3.8, 4) is 6.07 Å². The van der Waals surface area contributed by atoms with E-state index in [0.717, 1.165) is 29.5 Å². The molecule has 1 unspecified atom stereocenters. The van der Waals surface area contributed by atoms with Crippen LogP contribution in [0.4, 0.5) is 11.6 Å². The highest BCUT2D eigenvalue weighted by molar-refractivity contribution is 6.06. The summed E-state index contributed by atoms with van der Waals surface area (Å²) in [6.45, 7) is 3.30. The fraction of sp³-hybridized carbons (Fsp3) is 0.217. The van der Waals surface area contributed by atoms with Crippen molar-refractivity contribution in [2.75, 3.05) is 10.6 Å². The summed E-state index contributed by atoms with van der Waals surface area (Å²) in [4.78, 5) is 26.4. The lowest BCUT2D eigenvalue weighted by Gasteiger charge is -2.12. The van der Waals surface area contributed by atoms with E-state index in [2.05, 4.69) is 38.7 Å². The van der Waals surface area contributed by atoms with E-state index >= 15 is 0 Å². The minimum atomic E-state index is -0.651. The molecule has 4 heterocycles. The number of pyridine rings is 1. The van der Waals surface area contributed by atoms with Gasteiger partial charge in [-0.25, -0.2) is 4.98 Å². The number of anilines is 2. The number of aryl methyl sites for hydroxylation is 1. The van der Waals surface area contributed by atoms with E-state index in [-0.39, 0.29) is 5.91 Å². The summed E-state index contributed by atoms with van der Waals surface area (Å²) in [5.74, 6) is -0.450. The Balaban J connectivity index is 1.61. The summed E-state index contributed by atoms with van der Waals surface area (Å²) < 4.78 is 1.83. The zero-order valence-electron chi connectivity index (χ0n) is 17.4. The van der Waals surface area contributed by atoms with Gasteiger partial charge in [-0.1, -0.05) is 13.0 Å². The molecule has 0 radical (unpaired) electrons. The van der Waals surface area contributed by atoms with Crippen molar-refractivity contribution in [2.24, 2.45) is 0 Å². The predicted molar refractivity (Wildman–Crippen MR) is 119 cm³/mol. The smallest absolute Gasteiger partial charge is 0.238 e. The van der Waals surface area contributed by atoms with Crippen LogP contribution < -0.4 is 10.6 Å². The molecule has 0 saturated heterocycles. The van der Waals surface area contributed by atoms with E-state index in [4.69, 9.17) is 4.98 Å². The summed E-state index contributed by atoms with van der Waals surface area (Å²) >= 11 is 0. The summed E-state index contributed by atoms with van der Waals surface area (Å²) in [6.07, 6.45) is 6.29. The van der Waals surface area contributed by atoms with Crippen LogP contribution in [0.3, 0.4) is 0 Å². The number of carbonyl (C=O) groups is 1. The highest BCUT2D eigenvalue weighted by Crippen LogP contribution is 2.39. The first-order valence-electron chi connectivity index (χ1n) is 10.4. The lowest BCUT2D eigenvalue weighted by Crippen LogP contribution is -2.16. The Morgan fingerprint density at radius 1 is 1.28 bits per heavy atom. The van der Waals surface area contributed by atoms with Gasteiger partial charge in [0.1, 0.15) is 5.92 Å². The fourth-order valence-corrected chi connectivity index (χ4v) is 3.90. The fourth-order valence-electron chi connectivity index (χ4n) is 3.90. The maximum absolute atomic E-state index is 13.0. The van der Waals surface area contributed by atoms with Gasteiger partial charge in [0.25, 0.3) is 0 Å². The van der Waals surface area contributed by atoms with Crippen molar-refractivity contribution in [2.45, 2.75) is 32.4 Å². The molecule has 1 aliphatic rings. The van der Waals surface area contributed by atoms with Crippen LogP contribution in [-0.2, 0) is 17.9 Å². The maximum Gasteiger partial charge on any atom is 0.238 e. The zero-order valence-corrected chi connectivity index (χ0v) is 17.4. The Bertz CT molecular complexity index is 1360. The molecule has 3 aromatic heterocycles. The molecule has 0 saturated carbocycles. The van der Waals surface area contributed by atoms with E-state index in [1.165, 1.54) is 0 Å². The van der Waals surface area contributed by atoms with Gasteiger partial charge in [-0.2, -0.15) is 15.3 Å². The number of carbonyl (C=O) groups excluding carboxylic acids is 1. The number of rotatable bonds is 6. The van der Waals surface area contributed by atoms with Crippen molar-refractivity contribution in [1.82, 2.24) is 24.7 Å². The number of hydrogen-bond acceptors (Lipinski definition) is 7. The number of amides is 1. The van der Waals surface area contributed by atoms with Gasteiger partial charge >= 0.3 is 0 Å². The van der Waals surface area contributed by atoms with Gasteiger partial charge in [0.15, 0.2) is 5.65 Å². The first kappa shape index (κ1) is 19.6. The molecule has 1 aliphatic heterocycles. The van der Waals surface area contributed by atoms with Crippen molar-refractivity contribution in [1.29, 1.82) is 5.26 Å². The Morgan fingerprint density at radius 3 is 2.97 bits per heavy atom. The molecule has 0 bridgehead atoms. The molecule has 0 spiro atoms. The Kier molecular flexibility index (Phi) is 4.95. The second-order valence-electron chi connectivity index (χ2n) is 7.61. The first-order chi connectivity index (χ1) is 15.7. The normalized spacial score (nSPS) is 14.8. The minimum absolute atomic E-state index is 0.184. The van der Waals surface area contributed by atoms with Gasteiger partial charge in [0.2, 0.25) is 11.9 Å². The van der Waals surface area contributed by atoms with Crippen LogP contribution in [0.25, 0.3) is 11.0 Å². The summed E-state index contributed by atoms with van der Waals surface area (Å²) in [6, 6.07) is 11.2. The van der Waals surface area contributed by atoms with Crippen LogP contribution in [0.5, 0.6) is 0 Å². The van der Waals surface area contributed by atoms with Crippen molar-refractivity contribution in [3.63, 3.8) is 0 Å². The third kappa shape index (κ3) is 3.52. The average molecular weight is 424 g/mol. The van der Waals surface area contributed by atoms with Crippen LogP contribution in [-0.4, -0.2) is 30.6 Å². The molecule has 9 heteroatoms. The van der Waals surface area contributed by atoms with E-state index in [9.17, 15) is 10.1 Å². The maximum atomic E-state index is 13.0. The quantitative estimate of drug-likeness (QED) is 0.487. The molecule has 9 nitrogen and oxygen atoms in total. The highest BCUT2D eigenvalue weighted by atomic mass is 16.2. The van der Waals surface area contributed by atoms with Gasteiger partial charge in [-0.05, 0) is 41.8 Å². The summed E-state index contributed by atoms with van der Waals surface area (Å²) in [5, 5.41) is 20.8. The molecule has 0 fully saturated rings. The molecular weight excluding hydrogens is 404 g/mol. The predicted octanol–water partition coefficient (Wildman–Crippen LogP) is 3.20. The number of nitrogens with zero attached hydrogens (tertiary/aromatic N) is 6. The summed E-state index contributed by atoms with van der Waals surface area (Å²) in [7, 11) is 0. The lowest BCUT2D eigenvalue weighted by molar-refractivity contribution is -0.116. The van der Waals surface area contributed by atoms with Crippen LogP contribution in [0.1, 0.15) is 41.6 Å². The Hall–Kier alpha value is -4.32. The van der Waals surface area contributed by atoms with Gasteiger partial charge in [0, 0.05) is 37.4 Å². The molecule has 1 aromatic carbocycles. The summed E-state index contributed by atoms with van der Waals surface area (Å²) in [5.41, 5.74) is 3.99. The van der Waals surface area contributed by atoms with Crippen LogP contribution >= 0.6 is 0 Å².